The molecular weight excluding hydrogens is 410 g/mol. The average Bonchev–Trinajstić information content (AvgIpc) is 3.15. The minimum absolute atomic E-state index is 0.233. The van der Waals surface area contributed by atoms with Crippen molar-refractivity contribution in [3.8, 4) is 0 Å². The predicted molar refractivity (Wildman–Crippen MR) is 146 cm³/mol. The van der Waals surface area contributed by atoms with Crippen molar-refractivity contribution in [1.29, 1.82) is 0 Å². The highest BCUT2D eigenvalue weighted by Gasteiger charge is 2.58. The van der Waals surface area contributed by atoms with Crippen molar-refractivity contribution < 1.29 is 0 Å². The summed E-state index contributed by atoms with van der Waals surface area (Å²) >= 11 is 0. The highest BCUT2D eigenvalue weighted by Crippen LogP contribution is 2.67. The van der Waals surface area contributed by atoms with Gasteiger partial charge in [-0.15, -0.1) is 0 Å². The van der Waals surface area contributed by atoms with E-state index in [2.05, 4.69) is 88.5 Å². The minimum Gasteiger partial charge on any atom is -0.309 e. The second kappa shape index (κ2) is 7.95. The number of nitrogens with one attached hydrogen (secondary N) is 1. The first-order valence-electron chi connectivity index (χ1n) is 14.1. The van der Waals surface area contributed by atoms with Crippen molar-refractivity contribution in [2.24, 2.45) is 34.5 Å². The van der Waals surface area contributed by atoms with Crippen LogP contribution in [0.4, 0.5) is 0 Å². The molecule has 1 nitrogen and oxygen atoms in total. The lowest BCUT2D eigenvalue weighted by Crippen LogP contribution is -2.56. The lowest BCUT2D eigenvalue weighted by atomic mass is 9.44. The Hall–Kier alpha value is -1.60. The Kier molecular flexibility index (Phi) is 5.34. The van der Waals surface area contributed by atoms with Crippen LogP contribution in [0.15, 0.2) is 48.5 Å². The van der Waals surface area contributed by atoms with Gasteiger partial charge in [0.1, 0.15) is 0 Å². The standard InChI is InChI=1S/C33H45N/c1-31(2,3)34-26-16-18-32(4)25(21-26)12-13-27-29-15-14-28(33(29,5)19-17-30(27)32)24-11-10-22-8-6-7-9-23(22)20-24/h6-11,14,20,25-27,29-30,34H,12-13,15-19,21H2,1-5H3/t25-,26+,27-,29-,30-,32-,33+/m0/s1. The van der Waals surface area contributed by atoms with Crippen LogP contribution >= 0.6 is 0 Å². The van der Waals surface area contributed by atoms with Crippen molar-refractivity contribution in [3.63, 3.8) is 0 Å². The highest BCUT2D eigenvalue weighted by atomic mass is 15.0. The number of allylic oxidation sites excluding steroid dienone is 2. The summed E-state index contributed by atoms with van der Waals surface area (Å²) < 4.78 is 0. The molecule has 3 fully saturated rings. The second-order valence-electron chi connectivity index (χ2n) is 13.9. The number of hydrogen-bond donors (Lipinski definition) is 1. The molecule has 0 aromatic heterocycles. The molecule has 6 rings (SSSR count). The first-order chi connectivity index (χ1) is 16.2. The zero-order valence-corrected chi connectivity index (χ0v) is 22.2. The van der Waals surface area contributed by atoms with Crippen LogP contribution in [0.2, 0.25) is 0 Å². The van der Waals surface area contributed by atoms with Crippen molar-refractivity contribution in [3.05, 3.63) is 54.1 Å². The molecule has 2 aromatic carbocycles. The monoisotopic (exact) mass is 455 g/mol. The van der Waals surface area contributed by atoms with Gasteiger partial charge in [0.05, 0.1) is 0 Å². The third kappa shape index (κ3) is 3.60. The number of fused-ring (bicyclic) bond motifs is 6. The summed E-state index contributed by atoms with van der Waals surface area (Å²) in [5.41, 5.74) is 4.30. The maximum absolute atomic E-state index is 3.95. The normalized spacial score (nSPS) is 39.8. The first kappa shape index (κ1) is 22.8. The SMILES string of the molecule is CC(C)(C)N[C@@H]1CC[C@@]2(C)[C@@H](CC[C@@H]3[C@@H]2CC[C@]2(C)C(c4ccc5ccccc5c4)=CC[C@@H]32)C1. The van der Waals surface area contributed by atoms with Gasteiger partial charge in [-0.05, 0) is 135 Å². The fourth-order valence-corrected chi connectivity index (χ4v) is 9.37. The molecule has 3 saturated carbocycles. The third-order valence-electron chi connectivity index (χ3n) is 10.9. The van der Waals surface area contributed by atoms with E-state index in [9.17, 15) is 0 Å². The molecule has 2 aromatic rings. The van der Waals surface area contributed by atoms with Gasteiger partial charge in [-0.1, -0.05) is 56.3 Å². The molecule has 0 aliphatic heterocycles. The zero-order valence-electron chi connectivity index (χ0n) is 22.2. The molecule has 4 aliphatic carbocycles. The Morgan fingerprint density at radius 1 is 0.853 bits per heavy atom. The lowest BCUT2D eigenvalue weighted by molar-refractivity contribution is -0.101. The predicted octanol–water partition coefficient (Wildman–Crippen LogP) is 8.63. The second-order valence-corrected chi connectivity index (χ2v) is 13.9. The Labute approximate surface area is 207 Å². The molecule has 0 radical (unpaired) electrons. The Morgan fingerprint density at radius 3 is 2.44 bits per heavy atom. The molecule has 1 heteroatoms. The van der Waals surface area contributed by atoms with Crippen LogP contribution in [0, 0.1) is 34.5 Å². The van der Waals surface area contributed by atoms with Crippen molar-refractivity contribution in [2.75, 3.05) is 0 Å². The zero-order chi connectivity index (χ0) is 23.7. The molecule has 0 unspecified atom stereocenters. The molecule has 34 heavy (non-hydrogen) atoms. The van der Waals surface area contributed by atoms with E-state index in [1.165, 1.54) is 67.7 Å². The van der Waals surface area contributed by atoms with Gasteiger partial charge in [0.25, 0.3) is 0 Å². The van der Waals surface area contributed by atoms with Gasteiger partial charge in [0, 0.05) is 11.6 Å². The first-order valence-corrected chi connectivity index (χ1v) is 14.1. The summed E-state index contributed by atoms with van der Waals surface area (Å²) in [5, 5.41) is 6.70. The lowest BCUT2D eigenvalue weighted by Gasteiger charge is -2.61. The van der Waals surface area contributed by atoms with E-state index in [4.69, 9.17) is 0 Å². The van der Waals surface area contributed by atoms with Gasteiger partial charge in [-0.25, -0.2) is 0 Å². The molecule has 0 saturated heterocycles. The molecular formula is C33H45N. The number of benzene rings is 2. The summed E-state index contributed by atoms with van der Waals surface area (Å²) in [5.74, 6) is 3.61. The van der Waals surface area contributed by atoms with Crippen LogP contribution in [0.5, 0.6) is 0 Å². The Bertz CT molecular complexity index is 1100. The van der Waals surface area contributed by atoms with E-state index in [0.29, 0.717) is 10.8 Å². The van der Waals surface area contributed by atoms with E-state index in [1.807, 2.05) is 0 Å². The Balaban J connectivity index is 1.23. The molecule has 0 heterocycles. The van der Waals surface area contributed by atoms with Gasteiger partial charge >= 0.3 is 0 Å². The van der Waals surface area contributed by atoms with Crippen LogP contribution in [0.25, 0.3) is 16.3 Å². The van der Waals surface area contributed by atoms with Gasteiger partial charge < -0.3 is 5.32 Å². The maximum atomic E-state index is 3.95. The molecule has 1 N–H and O–H groups in total. The fraction of sp³-hybridized carbons (Fsp3) is 0.636. The summed E-state index contributed by atoms with van der Waals surface area (Å²) in [7, 11) is 0. The quantitative estimate of drug-likeness (QED) is 0.478. The van der Waals surface area contributed by atoms with Crippen LogP contribution in [-0.2, 0) is 0 Å². The third-order valence-corrected chi connectivity index (χ3v) is 10.9. The molecule has 4 aliphatic rings. The van der Waals surface area contributed by atoms with Crippen molar-refractivity contribution in [1.82, 2.24) is 5.32 Å². The maximum Gasteiger partial charge on any atom is 0.00991 e. The van der Waals surface area contributed by atoms with Crippen LogP contribution < -0.4 is 5.32 Å². The van der Waals surface area contributed by atoms with E-state index in [0.717, 1.165) is 29.7 Å². The minimum atomic E-state index is 0.233. The number of hydrogen-bond acceptors (Lipinski definition) is 1. The summed E-state index contributed by atoms with van der Waals surface area (Å²) in [6, 6.07) is 16.8. The van der Waals surface area contributed by atoms with E-state index < -0.39 is 0 Å². The van der Waals surface area contributed by atoms with E-state index in [1.54, 1.807) is 5.57 Å². The van der Waals surface area contributed by atoms with Crippen molar-refractivity contribution >= 4 is 16.3 Å². The van der Waals surface area contributed by atoms with Gasteiger partial charge in [-0.3, -0.25) is 0 Å². The summed E-state index contributed by atoms with van der Waals surface area (Å²) in [4.78, 5) is 0. The van der Waals surface area contributed by atoms with E-state index >= 15 is 0 Å². The smallest absolute Gasteiger partial charge is 0.00991 e. The average molecular weight is 456 g/mol. The number of rotatable bonds is 2. The van der Waals surface area contributed by atoms with Crippen LogP contribution in [0.1, 0.15) is 91.5 Å². The van der Waals surface area contributed by atoms with Gasteiger partial charge in [0.2, 0.25) is 0 Å². The molecule has 0 bridgehead atoms. The topological polar surface area (TPSA) is 12.0 Å². The van der Waals surface area contributed by atoms with E-state index in [-0.39, 0.29) is 5.54 Å². The highest BCUT2D eigenvalue weighted by molar-refractivity contribution is 5.87. The van der Waals surface area contributed by atoms with Crippen LogP contribution in [0.3, 0.4) is 0 Å². The molecule has 0 amide bonds. The van der Waals surface area contributed by atoms with Crippen LogP contribution in [-0.4, -0.2) is 11.6 Å². The fourth-order valence-electron chi connectivity index (χ4n) is 9.37. The largest absolute Gasteiger partial charge is 0.309 e. The van der Waals surface area contributed by atoms with Gasteiger partial charge in [-0.2, -0.15) is 0 Å². The molecule has 7 atom stereocenters. The summed E-state index contributed by atoms with van der Waals surface area (Å²) in [6.07, 6.45) is 13.9. The Morgan fingerprint density at radius 2 is 1.65 bits per heavy atom. The van der Waals surface area contributed by atoms with Gasteiger partial charge in [0.15, 0.2) is 0 Å². The summed E-state index contributed by atoms with van der Waals surface area (Å²) in [6.45, 7) is 12.3. The molecule has 182 valence electrons. The molecule has 0 spiro atoms. The van der Waals surface area contributed by atoms with Crippen molar-refractivity contribution in [2.45, 2.75) is 97.6 Å².